The normalized spacial score (nSPS) is 15.8. The van der Waals surface area contributed by atoms with Gasteiger partial charge in [-0.15, -0.1) is 11.3 Å². The summed E-state index contributed by atoms with van der Waals surface area (Å²) >= 11 is 7.84. The lowest BCUT2D eigenvalue weighted by Crippen LogP contribution is -2.37. The minimum absolute atomic E-state index is 0.613. The van der Waals surface area contributed by atoms with Crippen molar-refractivity contribution < 1.29 is 14.6 Å². The van der Waals surface area contributed by atoms with Gasteiger partial charge in [-0.3, -0.25) is 4.68 Å². The Morgan fingerprint density at radius 1 is 1.00 bits per heavy atom. The molecule has 1 aliphatic rings. The minimum Gasteiger partial charge on any atom is -0.479 e. The highest BCUT2D eigenvalue weighted by molar-refractivity contribution is 7.22. The molecule has 0 spiro atoms. The average Bonchev–Trinajstić information content (AvgIpc) is 3.54. The predicted octanol–water partition coefficient (Wildman–Crippen LogP) is 7.95. The van der Waals surface area contributed by atoms with Gasteiger partial charge in [0.1, 0.15) is 5.01 Å². The molecule has 0 aliphatic carbocycles. The molecule has 8 nitrogen and oxygen atoms in total. The van der Waals surface area contributed by atoms with Crippen molar-refractivity contribution >= 4 is 55.8 Å². The van der Waals surface area contributed by atoms with Gasteiger partial charge in [-0.25, -0.2) is 9.78 Å². The average molecular weight is 646 g/mol. The van der Waals surface area contributed by atoms with Crippen LogP contribution in [0.1, 0.15) is 50.8 Å². The summed E-state index contributed by atoms with van der Waals surface area (Å²) in [5, 5.41) is 17.9. The van der Waals surface area contributed by atoms with E-state index in [-0.39, 0.29) is 0 Å². The molecular formula is C35H40ClN5O3S. The van der Waals surface area contributed by atoms with E-state index in [4.69, 9.17) is 26.4 Å². The molecule has 6 rings (SSSR count). The summed E-state index contributed by atoms with van der Waals surface area (Å²) in [6, 6.07) is 15.9. The molecule has 1 saturated heterocycles. The van der Waals surface area contributed by atoms with E-state index < -0.39 is 17.7 Å². The number of hydrogen-bond donors (Lipinski definition) is 1. The summed E-state index contributed by atoms with van der Waals surface area (Å²) in [5.41, 5.74) is 5.36. The Kier molecular flexibility index (Phi) is 8.65. The highest BCUT2D eigenvalue weighted by Gasteiger charge is 2.32. The first kappa shape index (κ1) is 31.5. The number of carboxylic acids is 1. The van der Waals surface area contributed by atoms with Crippen molar-refractivity contribution in [3.05, 3.63) is 64.7 Å². The third-order valence-corrected chi connectivity index (χ3v) is 9.76. The zero-order chi connectivity index (χ0) is 32.0. The Balaban J connectivity index is 1.52. The maximum absolute atomic E-state index is 12.7. The molecule has 1 fully saturated rings. The highest BCUT2D eigenvalue weighted by atomic mass is 35.5. The Labute approximate surface area is 273 Å². The molecule has 10 heteroatoms. The first-order valence-corrected chi connectivity index (χ1v) is 16.6. The summed E-state index contributed by atoms with van der Waals surface area (Å²) in [6.45, 7) is 11.6. The molecule has 45 heavy (non-hydrogen) atoms. The smallest absolute Gasteiger partial charge is 0.337 e. The maximum atomic E-state index is 12.7. The molecular weight excluding hydrogens is 606 g/mol. The minimum atomic E-state index is -1.16. The molecule has 1 atom stereocenters. The molecule has 1 aliphatic heterocycles. The third kappa shape index (κ3) is 6.45. The molecule has 0 unspecified atom stereocenters. The van der Waals surface area contributed by atoms with Gasteiger partial charge in [0.15, 0.2) is 11.9 Å². The van der Waals surface area contributed by atoms with Gasteiger partial charge in [0.2, 0.25) is 0 Å². The number of halogens is 1. The first-order valence-electron chi connectivity index (χ1n) is 15.4. The number of benzene rings is 3. The fraction of sp³-hybridized carbons (Fsp3) is 0.400. The van der Waals surface area contributed by atoms with Crippen molar-refractivity contribution in [1.82, 2.24) is 19.7 Å². The lowest BCUT2D eigenvalue weighted by Gasteiger charge is -2.29. The van der Waals surface area contributed by atoms with Crippen LogP contribution in [-0.2, 0) is 16.6 Å². The van der Waals surface area contributed by atoms with Crippen molar-refractivity contribution in [2.24, 2.45) is 7.05 Å². The van der Waals surface area contributed by atoms with Crippen LogP contribution >= 0.6 is 22.9 Å². The Morgan fingerprint density at radius 3 is 2.42 bits per heavy atom. The molecule has 2 aromatic heterocycles. The van der Waals surface area contributed by atoms with E-state index in [9.17, 15) is 9.90 Å². The summed E-state index contributed by atoms with van der Waals surface area (Å²) < 4.78 is 9.05. The van der Waals surface area contributed by atoms with Crippen molar-refractivity contribution in [3.8, 4) is 21.7 Å². The summed E-state index contributed by atoms with van der Waals surface area (Å²) in [4.78, 5) is 22.6. The van der Waals surface area contributed by atoms with Gasteiger partial charge in [0.05, 0.1) is 21.3 Å². The number of likely N-dealkylation sites (N-methyl/N-ethyl adjacent to an activating group) is 1. The zero-order valence-electron chi connectivity index (χ0n) is 26.7. The lowest BCUT2D eigenvalue weighted by atomic mass is 9.91. The largest absolute Gasteiger partial charge is 0.479 e. The molecule has 5 aromatic rings. The number of rotatable bonds is 6. The molecule has 0 amide bonds. The maximum Gasteiger partial charge on any atom is 0.337 e. The third-order valence-electron chi connectivity index (χ3n) is 8.37. The Morgan fingerprint density at radius 2 is 1.71 bits per heavy atom. The van der Waals surface area contributed by atoms with Crippen LogP contribution in [0.3, 0.4) is 0 Å². The molecule has 3 aromatic carbocycles. The van der Waals surface area contributed by atoms with Crippen LogP contribution in [0.4, 0.5) is 5.82 Å². The second-order valence-electron chi connectivity index (χ2n) is 13.0. The SMILES string of the molecule is Cc1cc2nc(-c3ccc4c(c3)c(N3CCCCN(C)CC3)nn4C)sc2c(-c2ccc(Cl)cc2)c1[C@H](OC(C)(C)C)C(=O)O. The van der Waals surface area contributed by atoms with Gasteiger partial charge in [0.25, 0.3) is 0 Å². The number of carboxylic acid groups (broad SMARTS) is 1. The highest BCUT2D eigenvalue weighted by Crippen LogP contribution is 2.45. The monoisotopic (exact) mass is 645 g/mol. The number of nitrogens with zero attached hydrogens (tertiary/aromatic N) is 5. The van der Waals surface area contributed by atoms with E-state index in [1.807, 2.05) is 69.8 Å². The van der Waals surface area contributed by atoms with Crippen molar-refractivity contribution in [2.45, 2.75) is 52.2 Å². The number of aromatic nitrogens is 3. The second kappa shape index (κ2) is 12.4. The van der Waals surface area contributed by atoms with Gasteiger partial charge >= 0.3 is 5.97 Å². The number of carbonyl (C=O) groups is 1. The number of thiazole rings is 1. The molecule has 0 radical (unpaired) electrons. The van der Waals surface area contributed by atoms with Gasteiger partial charge < -0.3 is 19.6 Å². The molecule has 0 saturated carbocycles. The topological polar surface area (TPSA) is 83.7 Å². The predicted molar refractivity (Wildman–Crippen MR) is 185 cm³/mol. The van der Waals surface area contributed by atoms with Crippen LogP contribution in [0.15, 0.2) is 48.5 Å². The fourth-order valence-electron chi connectivity index (χ4n) is 6.19. The van der Waals surface area contributed by atoms with E-state index >= 15 is 0 Å². The quantitative estimate of drug-likeness (QED) is 0.201. The van der Waals surface area contributed by atoms with Gasteiger partial charge in [-0.05, 0) is 102 Å². The summed E-state index contributed by atoms with van der Waals surface area (Å²) in [6.07, 6.45) is 1.15. The second-order valence-corrected chi connectivity index (χ2v) is 14.4. The Bertz CT molecular complexity index is 1870. The summed E-state index contributed by atoms with van der Waals surface area (Å²) in [5.74, 6) is -0.0216. The number of ether oxygens (including phenoxy) is 1. The zero-order valence-corrected chi connectivity index (χ0v) is 28.3. The van der Waals surface area contributed by atoms with E-state index in [1.54, 1.807) is 11.3 Å². The number of aliphatic carboxylic acids is 1. The van der Waals surface area contributed by atoms with Gasteiger partial charge in [-0.2, -0.15) is 5.10 Å². The molecule has 3 heterocycles. The van der Waals surface area contributed by atoms with Crippen LogP contribution in [0, 0.1) is 6.92 Å². The van der Waals surface area contributed by atoms with Crippen molar-refractivity contribution in [2.75, 3.05) is 38.1 Å². The first-order chi connectivity index (χ1) is 21.4. The van der Waals surface area contributed by atoms with E-state index in [0.717, 1.165) is 86.8 Å². The number of fused-ring (bicyclic) bond motifs is 2. The van der Waals surface area contributed by atoms with Crippen molar-refractivity contribution in [1.29, 1.82) is 0 Å². The van der Waals surface area contributed by atoms with Crippen LogP contribution in [0.25, 0.3) is 42.8 Å². The Hall–Kier alpha value is -3.50. The van der Waals surface area contributed by atoms with Crippen LogP contribution < -0.4 is 4.90 Å². The number of anilines is 1. The van der Waals surface area contributed by atoms with Crippen molar-refractivity contribution in [3.63, 3.8) is 0 Å². The molecule has 1 N–H and O–H groups in total. The molecule has 236 valence electrons. The van der Waals surface area contributed by atoms with Gasteiger partial charge in [-0.1, -0.05) is 23.7 Å². The lowest BCUT2D eigenvalue weighted by molar-refractivity contribution is -0.160. The van der Waals surface area contributed by atoms with Gasteiger partial charge in [0, 0.05) is 53.8 Å². The number of hydrogen-bond acceptors (Lipinski definition) is 7. The number of aryl methyl sites for hydroxylation is 2. The molecule has 0 bridgehead atoms. The van der Waals surface area contributed by atoms with Crippen LogP contribution in [0.2, 0.25) is 5.02 Å². The van der Waals surface area contributed by atoms with Crippen LogP contribution in [0.5, 0.6) is 0 Å². The van der Waals surface area contributed by atoms with E-state index in [1.165, 1.54) is 6.42 Å². The standard InChI is InChI=1S/C35H40ClN5O3S/c1-21-19-26-31(29(22-9-12-24(36)13-10-22)28(21)30(34(42)43)44-35(2,3)4)45-33(37-26)23-11-14-27-25(20-23)32(38-40(27)6)41-16-8-7-15-39(5)17-18-41/h9-14,19-20,30H,7-8,15-18H2,1-6H3,(H,42,43)/t30-/m0/s1. The van der Waals surface area contributed by atoms with E-state index in [2.05, 4.69) is 35.0 Å². The fourth-order valence-corrected chi connectivity index (χ4v) is 7.43. The van der Waals surface area contributed by atoms with Crippen LogP contribution in [-0.4, -0.2) is 69.6 Å². The van der Waals surface area contributed by atoms with E-state index in [0.29, 0.717) is 10.6 Å². The summed E-state index contributed by atoms with van der Waals surface area (Å²) in [7, 11) is 4.19.